The number of piperidine rings is 1. The Morgan fingerprint density at radius 3 is 2.59 bits per heavy atom. The van der Waals surface area contributed by atoms with E-state index in [0.29, 0.717) is 0 Å². The molecular formula is C19H29FN2. The van der Waals surface area contributed by atoms with Crippen LogP contribution in [0.1, 0.15) is 44.1 Å². The molecule has 1 saturated heterocycles. The van der Waals surface area contributed by atoms with Crippen LogP contribution in [0, 0.1) is 11.7 Å². The molecule has 3 rings (SSSR count). The lowest BCUT2D eigenvalue weighted by Gasteiger charge is -2.34. The Hall–Kier alpha value is -0.930. The highest BCUT2D eigenvalue weighted by Gasteiger charge is 2.25. The number of benzene rings is 1. The van der Waals surface area contributed by atoms with Gasteiger partial charge in [0.1, 0.15) is 5.82 Å². The van der Waals surface area contributed by atoms with Gasteiger partial charge in [0.25, 0.3) is 0 Å². The third-order valence-corrected chi connectivity index (χ3v) is 5.37. The number of nitrogens with zero attached hydrogens (tertiary/aromatic N) is 1. The first kappa shape index (κ1) is 15.9. The molecule has 1 aromatic carbocycles. The molecule has 1 saturated carbocycles. The van der Waals surface area contributed by atoms with Crippen LogP contribution >= 0.6 is 0 Å². The minimum absolute atomic E-state index is 0.108. The Kier molecular flexibility index (Phi) is 5.85. The summed E-state index contributed by atoms with van der Waals surface area (Å²) in [5, 5.41) is 3.46. The molecule has 122 valence electrons. The van der Waals surface area contributed by atoms with E-state index in [1.54, 1.807) is 6.07 Å². The highest BCUT2D eigenvalue weighted by molar-refractivity contribution is 5.16. The second kappa shape index (κ2) is 8.07. The predicted octanol–water partition coefficient (Wildman–Crippen LogP) is 3.61. The van der Waals surface area contributed by atoms with Crippen LogP contribution < -0.4 is 5.32 Å². The van der Waals surface area contributed by atoms with Crippen molar-refractivity contribution in [1.82, 2.24) is 10.2 Å². The summed E-state index contributed by atoms with van der Waals surface area (Å²) in [5.41, 5.74) is 1.13. The van der Waals surface area contributed by atoms with Crippen molar-refractivity contribution >= 4 is 0 Å². The van der Waals surface area contributed by atoms with Gasteiger partial charge >= 0.3 is 0 Å². The van der Waals surface area contributed by atoms with E-state index in [1.807, 2.05) is 6.07 Å². The van der Waals surface area contributed by atoms with E-state index in [1.165, 1.54) is 64.2 Å². The zero-order valence-electron chi connectivity index (χ0n) is 13.6. The molecule has 0 aromatic heterocycles. The number of hydrogen-bond acceptors (Lipinski definition) is 2. The fraction of sp³-hybridized carbons (Fsp3) is 0.684. The van der Waals surface area contributed by atoms with E-state index in [9.17, 15) is 4.39 Å². The van der Waals surface area contributed by atoms with Crippen molar-refractivity contribution in [3.05, 3.63) is 35.6 Å². The van der Waals surface area contributed by atoms with Gasteiger partial charge in [0.05, 0.1) is 0 Å². The maximum Gasteiger partial charge on any atom is 0.123 e. The summed E-state index contributed by atoms with van der Waals surface area (Å²) in [5.74, 6) is 0.734. The third kappa shape index (κ3) is 4.53. The fourth-order valence-electron chi connectivity index (χ4n) is 4.05. The lowest BCUT2D eigenvalue weighted by molar-refractivity contribution is 0.154. The van der Waals surface area contributed by atoms with E-state index >= 15 is 0 Å². The molecule has 0 atom stereocenters. The normalized spacial score (nSPS) is 20.8. The van der Waals surface area contributed by atoms with Crippen molar-refractivity contribution in [2.45, 2.75) is 51.0 Å². The fourth-order valence-corrected chi connectivity index (χ4v) is 4.05. The van der Waals surface area contributed by atoms with E-state index in [-0.39, 0.29) is 5.82 Å². The molecule has 0 radical (unpaired) electrons. The molecule has 0 amide bonds. The Balaban J connectivity index is 1.57. The zero-order chi connectivity index (χ0) is 15.2. The van der Waals surface area contributed by atoms with Crippen LogP contribution in [-0.4, -0.2) is 37.1 Å². The first-order valence-electron chi connectivity index (χ1n) is 9.00. The summed E-state index contributed by atoms with van der Waals surface area (Å²) < 4.78 is 13.3. The average Bonchev–Trinajstić information content (AvgIpc) is 3.07. The lowest BCUT2D eigenvalue weighted by Crippen LogP contribution is -2.41. The molecule has 22 heavy (non-hydrogen) atoms. The highest BCUT2D eigenvalue weighted by atomic mass is 19.1. The lowest BCUT2D eigenvalue weighted by atomic mass is 9.96. The van der Waals surface area contributed by atoms with Crippen molar-refractivity contribution in [2.75, 3.05) is 26.2 Å². The van der Waals surface area contributed by atoms with Crippen molar-refractivity contribution in [3.8, 4) is 0 Å². The van der Waals surface area contributed by atoms with Crippen molar-refractivity contribution < 1.29 is 4.39 Å². The molecule has 2 aliphatic rings. The molecule has 1 heterocycles. The topological polar surface area (TPSA) is 15.3 Å². The predicted molar refractivity (Wildman–Crippen MR) is 89.5 cm³/mol. The molecule has 2 fully saturated rings. The van der Waals surface area contributed by atoms with E-state index in [2.05, 4.69) is 16.3 Å². The molecule has 2 nitrogen and oxygen atoms in total. The summed E-state index contributed by atoms with van der Waals surface area (Å²) in [6.45, 7) is 4.67. The minimum Gasteiger partial charge on any atom is -0.317 e. The molecule has 1 aliphatic carbocycles. The average molecular weight is 304 g/mol. The van der Waals surface area contributed by atoms with Crippen molar-refractivity contribution in [1.29, 1.82) is 0 Å². The van der Waals surface area contributed by atoms with Gasteiger partial charge in [-0.05, 0) is 68.8 Å². The molecule has 0 spiro atoms. The molecule has 0 unspecified atom stereocenters. The van der Waals surface area contributed by atoms with Crippen LogP contribution in [-0.2, 0) is 6.42 Å². The van der Waals surface area contributed by atoms with Gasteiger partial charge in [-0.2, -0.15) is 0 Å². The van der Waals surface area contributed by atoms with Gasteiger partial charge in [-0.15, -0.1) is 0 Å². The van der Waals surface area contributed by atoms with Crippen molar-refractivity contribution in [3.63, 3.8) is 0 Å². The van der Waals surface area contributed by atoms with Crippen LogP contribution in [0.2, 0.25) is 0 Å². The first-order valence-corrected chi connectivity index (χ1v) is 9.00. The molecule has 1 N–H and O–H groups in total. The van der Waals surface area contributed by atoms with Gasteiger partial charge in [-0.1, -0.05) is 25.0 Å². The van der Waals surface area contributed by atoms with Gasteiger partial charge in [0.2, 0.25) is 0 Å². The van der Waals surface area contributed by atoms with Crippen LogP contribution in [0.3, 0.4) is 0 Å². The minimum atomic E-state index is -0.108. The van der Waals surface area contributed by atoms with Crippen LogP contribution in [0.5, 0.6) is 0 Å². The second-order valence-corrected chi connectivity index (χ2v) is 7.01. The number of hydrogen-bond donors (Lipinski definition) is 1. The Bertz CT molecular complexity index is 451. The van der Waals surface area contributed by atoms with Gasteiger partial charge in [0.15, 0.2) is 0 Å². The maximum atomic E-state index is 13.3. The quantitative estimate of drug-likeness (QED) is 0.863. The molecular weight excluding hydrogens is 275 g/mol. The summed E-state index contributed by atoms with van der Waals surface area (Å²) >= 11 is 0. The Morgan fingerprint density at radius 2 is 1.86 bits per heavy atom. The van der Waals surface area contributed by atoms with Gasteiger partial charge in [-0.25, -0.2) is 4.39 Å². The largest absolute Gasteiger partial charge is 0.317 e. The Morgan fingerprint density at radius 1 is 1.09 bits per heavy atom. The highest BCUT2D eigenvalue weighted by Crippen LogP contribution is 2.26. The van der Waals surface area contributed by atoms with E-state index in [0.717, 1.165) is 30.5 Å². The SMILES string of the molecule is Fc1cccc(CCN(CC2CCNCC2)C2CCCC2)c1. The Labute approximate surface area is 134 Å². The first-order chi connectivity index (χ1) is 10.8. The van der Waals surface area contributed by atoms with Crippen molar-refractivity contribution in [2.24, 2.45) is 5.92 Å². The van der Waals surface area contributed by atoms with Gasteiger partial charge in [0, 0.05) is 19.1 Å². The monoisotopic (exact) mass is 304 g/mol. The summed E-state index contributed by atoms with van der Waals surface area (Å²) in [7, 11) is 0. The third-order valence-electron chi connectivity index (χ3n) is 5.37. The zero-order valence-corrected chi connectivity index (χ0v) is 13.6. The van der Waals surface area contributed by atoms with Crippen LogP contribution in [0.15, 0.2) is 24.3 Å². The summed E-state index contributed by atoms with van der Waals surface area (Å²) in [6, 6.07) is 7.88. The van der Waals surface area contributed by atoms with Crippen LogP contribution in [0.4, 0.5) is 4.39 Å². The molecule has 0 bridgehead atoms. The van der Waals surface area contributed by atoms with Gasteiger partial charge < -0.3 is 5.32 Å². The number of halogens is 1. The second-order valence-electron chi connectivity index (χ2n) is 7.01. The molecule has 3 heteroatoms. The smallest absolute Gasteiger partial charge is 0.123 e. The number of rotatable bonds is 6. The van der Waals surface area contributed by atoms with Crippen LogP contribution in [0.25, 0.3) is 0 Å². The summed E-state index contributed by atoms with van der Waals surface area (Å²) in [6.07, 6.45) is 9.06. The van der Waals surface area contributed by atoms with E-state index < -0.39 is 0 Å². The molecule has 1 aromatic rings. The standard InChI is InChI=1S/C19H29FN2/c20-18-5-3-4-16(14-18)10-13-22(19-6-1-2-7-19)15-17-8-11-21-12-9-17/h3-5,14,17,19,21H,1-2,6-13,15H2. The maximum absolute atomic E-state index is 13.3. The summed E-state index contributed by atoms with van der Waals surface area (Å²) in [4.78, 5) is 2.72. The van der Waals surface area contributed by atoms with Gasteiger partial charge in [-0.3, -0.25) is 4.90 Å². The number of nitrogens with one attached hydrogen (secondary N) is 1. The van der Waals surface area contributed by atoms with E-state index in [4.69, 9.17) is 0 Å². The molecule has 1 aliphatic heterocycles.